The third-order valence-corrected chi connectivity index (χ3v) is 3.12. The predicted molar refractivity (Wildman–Crippen MR) is 55.8 cm³/mol. The van der Waals surface area contributed by atoms with Gasteiger partial charge in [-0.05, 0) is 18.2 Å². The molecule has 1 saturated heterocycles. The Morgan fingerprint density at radius 1 is 1.62 bits per heavy atom. The van der Waals surface area contributed by atoms with Crippen LogP contribution in [0.15, 0.2) is 12.3 Å². The fourth-order valence-corrected chi connectivity index (χ4v) is 2.46. The number of rotatable bonds is 2. The molecular weight excluding hydrogens is 184 g/mol. The first-order chi connectivity index (χ1) is 6.34. The summed E-state index contributed by atoms with van der Waals surface area (Å²) < 4.78 is 0. The first-order valence-corrected chi connectivity index (χ1v) is 5.43. The summed E-state index contributed by atoms with van der Waals surface area (Å²) in [5.74, 6) is 3.55. The van der Waals surface area contributed by atoms with E-state index in [1.807, 2.05) is 17.8 Å². The second kappa shape index (κ2) is 3.83. The molecule has 0 spiro atoms. The van der Waals surface area contributed by atoms with Crippen molar-refractivity contribution in [3.05, 3.63) is 12.3 Å². The molecule has 0 saturated carbocycles. The van der Waals surface area contributed by atoms with Crippen LogP contribution in [-0.2, 0) is 0 Å². The molecule has 1 atom stereocenters. The van der Waals surface area contributed by atoms with Crippen molar-refractivity contribution in [2.45, 2.75) is 12.5 Å². The Morgan fingerprint density at radius 3 is 3.23 bits per heavy atom. The summed E-state index contributed by atoms with van der Waals surface area (Å²) >= 11 is 1.97. The largest absolute Gasteiger partial charge is 0.368 e. The number of aromatic nitrogens is 2. The second-order valence-corrected chi connectivity index (χ2v) is 4.15. The van der Waals surface area contributed by atoms with Crippen LogP contribution in [-0.4, -0.2) is 27.5 Å². The molecule has 13 heavy (non-hydrogen) atoms. The number of hydrogen-bond acceptors (Lipinski definition) is 5. The highest BCUT2D eigenvalue weighted by molar-refractivity contribution is 7.99. The average molecular weight is 196 g/mol. The van der Waals surface area contributed by atoms with Crippen molar-refractivity contribution in [2.75, 3.05) is 22.6 Å². The molecule has 0 radical (unpaired) electrons. The van der Waals surface area contributed by atoms with Gasteiger partial charge in [0.15, 0.2) is 0 Å². The molecule has 1 aliphatic heterocycles. The van der Waals surface area contributed by atoms with Crippen LogP contribution in [0.1, 0.15) is 6.42 Å². The van der Waals surface area contributed by atoms with Crippen LogP contribution in [0.25, 0.3) is 0 Å². The Labute approximate surface area is 81.3 Å². The highest BCUT2D eigenvalue weighted by Crippen LogP contribution is 2.20. The van der Waals surface area contributed by atoms with E-state index in [4.69, 9.17) is 5.73 Å². The molecule has 1 aromatic heterocycles. The van der Waals surface area contributed by atoms with Gasteiger partial charge in [0.05, 0.1) is 0 Å². The molecular formula is C8H12N4S. The Kier molecular flexibility index (Phi) is 2.54. The minimum atomic E-state index is 0.329. The summed E-state index contributed by atoms with van der Waals surface area (Å²) in [6.07, 6.45) is 2.88. The van der Waals surface area contributed by atoms with E-state index in [-0.39, 0.29) is 0 Å². The number of nitrogens with two attached hydrogens (primary N) is 1. The van der Waals surface area contributed by atoms with Gasteiger partial charge in [-0.3, -0.25) is 0 Å². The normalized spacial score (nSPS) is 21.7. The number of anilines is 2. The fraction of sp³-hybridized carbons (Fsp3) is 0.500. The minimum absolute atomic E-state index is 0.329. The molecule has 70 valence electrons. The van der Waals surface area contributed by atoms with Crippen LogP contribution in [0.5, 0.6) is 0 Å². The van der Waals surface area contributed by atoms with Gasteiger partial charge in [-0.2, -0.15) is 16.7 Å². The molecule has 4 nitrogen and oxygen atoms in total. The van der Waals surface area contributed by atoms with Crippen molar-refractivity contribution in [3.63, 3.8) is 0 Å². The smallest absolute Gasteiger partial charge is 0.221 e. The summed E-state index contributed by atoms with van der Waals surface area (Å²) in [6, 6.07) is 2.39. The third-order valence-electron chi connectivity index (χ3n) is 1.96. The summed E-state index contributed by atoms with van der Waals surface area (Å²) in [5.41, 5.74) is 5.47. The predicted octanol–water partition coefficient (Wildman–Crippen LogP) is 0.976. The highest BCUT2D eigenvalue weighted by Gasteiger charge is 2.15. The maximum Gasteiger partial charge on any atom is 0.221 e. The topological polar surface area (TPSA) is 63.8 Å². The monoisotopic (exact) mass is 196 g/mol. The van der Waals surface area contributed by atoms with Gasteiger partial charge < -0.3 is 11.1 Å². The number of nitrogen functional groups attached to an aromatic ring is 1. The Bertz CT molecular complexity index is 285. The van der Waals surface area contributed by atoms with Gasteiger partial charge in [0.25, 0.3) is 0 Å². The molecule has 2 heterocycles. The molecule has 1 aromatic rings. The van der Waals surface area contributed by atoms with Crippen molar-refractivity contribution in [1.82, 2.24) is 9.97 Å². The van der Waals surface area contributed by atoms with E-state index >= 15 is 0 Å². The van der Waals surface area contributed by atoms with E-state index in [2.05, 4.69) is 15.3 Å². The number of hydrogen-bond donors (Lipinski definition) is 2. The van der Waals surface area contributed by atoms with Gasteiger partial charge >= 0.3 is 0 Å². The molecule has 1 aliphatic rings. The van der Waals surface area contributed by atoms with E-state index in [0.717, 1.165) is 11.6 Å². The molecule has 0 amide bonds. The van der Waals surface area contributed by atoms with Gasteiger partial charge in [-0.15, -0.1) is 0 Å². The fourth-order valence-electron chi connectivity index (χ4n) is 1.31. The van der Waals surface area contributed by atoms with Crippen LogP contribution >= 0.6 is 11.8 Å². The van der Waals surface area contributed by atoms with Crippen molar-refractivity contribution in [3.8, 4) is 0 Å². The molecule has 1 fully saturated rings. The third kappa shape index (κ3) is 2.24. The molecule has 5 heteroatoms. The Morgan fingerprint density at radius 2 is 2.54 bits per heavy atom. The SMILES string of the molecule is Nc1nccc(NC2CCSC2)n1. The van der Waals surface area contributed by atoms with Crippen LogP contribution < -0.4 is 11.1 Å². The summed E-state index contributed by atoms with van der Waals surface area (Å²) in [4.78, 5) is 7.92. The summed E-state index contributed by atoms with van der Waals surface area (Å²) in [7, 11) is 0. The lowest BCUT2D eigenvalue weighted by atomic mass is 10.2. The zero-order valence-corrected chi connectivity index (χ0v) is 8.05. The number of nitrogens with one attached hydrogen (secondary N) is 1. The van der Waals surface area contributed by atoms with Gasteiger partial charge in [-0.1, -0.05) is 0 Å². The van der Waals surface area contributed by atoms with Gasteiger partial charge in [0.1, 0.15) is 5.82 Å². The van der Waals surface area contributed by atoms with Crippen molar-refractivity contribution >= 4 is 23.5 Å². The van der Waals surface area contributed by atoms with E-state index < -0.39 is 0 Å². The van der Waals surface area contributed by atoms with E-state index in [1.54, 1.807) is 6.20 Å². The van der Waals surface area contributed by atoms with Crippen LogP contribution in [0.3, 0.4) is 0 Å². The van der Waals surface area contributed by atoms with Crippen LogP contribution in [0.4, 0.5) is 11.8 Å². The Balaban J connectivity index is 2.00. The molecule has 0 aliphatic carbocycles. The summed E-state index contributed by atoms with van der Waals surface area (Å²) in [6.45, 7) is 0. The summed E-state index contributed by atoms with van der Waals surface area (Å²) in [5, 5.41) is 3.33. The molecule has 3 N–H and O–H groups in total. The van der Waals surface area contributed by atoms with Gasteiger partial charge in [0.2, 0.25) is 5.95 Å². The molecule has 2 rings (SSSR count). The number of thioether (sulfide) groups is 1. The molecule has 0 aromatic carbocycles. The van der Waals surface area contributed by atoms with E-state index in [0.29, 0.717) is 12.0 Å². The zero-order chi connectivity index (χ0) is 9.10. The second-order valence-electron chi connectivity index (χ2n) is 3.00. The highest BCUT2D eigenvalue weighted by atomic mass is 32.2. The van der Waals surface area contributed by atoms with Crippen molar-refractivity contribution in [2.24, 2.45) is 0 Å². The first-order valence-electron chi connectivity index (χ1n) is 4.27. The van der Waals surface area contributed by atoms with Crippen molar-refractivity contribution < 1.29 is 0 Å². The molecule has 0 bridgehead atoms. The van der Waals surface area contributed by atoms with E-state index in [1.165, 1.54) is 12.2 Å². The average Bonchev–Trinajstić information content (AvgIpc) is 2.57. The standard InChI is InChI=1S/C8H12N4S/c9-8-10-3-1-7(12-8)11-6-2-4-13-5-6/h1,3,6H,2,4-5H2,(H3,9,10,11,12). The quantitative estimate of drug-likeness (QED) is 0.738. The van der Waals surface area contributed by atoms with Gasteiger partial charge in [0, 0.05) is 18.0 Å². The zero-order valence-electron chi connectivity index (χ0n) is 7.23. The van der Waals surface area contributed by atoms with E-state index in [9.17, 15) is 0 Å². The lowest BCUT2D eigenvalue weighted by molar-refractivity contribution is 0.806. The van der Waals surface area contributed by atoms with Crippen LogP contribution in [0, 0.1) is 0 Å². The maximum absolute atomic E-state index is 5.47. The maximum atomic E-state index is 5.47. The van der Waals surface area contributed by atoms with Gasteiger partial charge in [-0.25, -0.2) is 4.98 Å². The Hall–Kier alpha value is -0.970. The number of nitrogens with zero attached hydrogens (tertiary/aromatic N) is 2. The van der Waals surface area contributed by atoms with Crippen LogP contribution in [0.2, 0.25) is 0 Å². The first kappa shape index (κ1) is 8.62. The minimum Gasteiger partial charge on any atom is -0.368 e. The van der Waals surface area contributed by atoms with Crippen molar-refractivity contribution in [1.29, 1.82) is 0 Å². The lowest BCUT2D eigenvalue weighted by Gasteiger charge is -2.11. The lowest BCUT2D eigenvalue weighted by Crippen LogP contribution is -2.19. The molecule has 1 unspecified atom stereocenters.